The van der Waals surface area contributed by atoms with Gasteiger partial charge < -0.3 is 15.1 Å². The Hall–Kier alpha value is -2.56. The van der Waals surface area contributed by atoms with Crippen LogP contribution in [0.25, 0.3) is 0 Å². The van der Waals surface area contributed by atoms with Crippen molar-refractivity contribution >= 4 is 17.3 Å². The van der Waals surface area contributed by atoms with Crippen LogP contribution in [-0.4, -0.2) is 48.0 Å². The molecule has 1 N–H and O–H groups in total. The van der Waals surface area contributed by atoms with Crippen LogP contribution in [0.1, 0.15) is 23.3 Å². The average Bonchev–Trinajstić information content (AvgIpc) is 3.46. The number of nitrogens with zero attached hydrogens (tertiary/aromatic N) is 3. The molecule has 0 bridgehead atoms. The highest BCUT2D eigenvalue weighted by Gasteiger charge is 2.24. The highest BCUT2D eigenvalue weighted by atomic mass is 16.2. The van der Waals surface area contributed by atoms with E-state index in [0.717, 1.165) is 31.9 Å². The first-order valence-corrected chi connectivity index (χ1v) is 8.61. The predicted molar refractivity (Wildman–Crippen MR) is 95.4 cm³/mol. The first-order valence-electron chi connectivity index (χ1n) is 8.61. The van der Waals surface area contributed by atoms with Gasteiger partial charge in [-0.05, 0) is 37.1 Å². The summed E-state index contributed by atoms with van der Waals surface area (Å²) < 4.78 is 0. The number of amides is 1. The molecule has 1 aromatic carbocycles. The predicted octanol–water partition coefficient (Wildman–Crippen LogP) is 2.62. The van der Waals surface area contributed by atoms with E-state index in [0.29, 0.717) is 11.7 Å². The summed E-state index contributed by atoms with van der Waals surface area (Å²) in [4.78, 5) is 21.2. The summed E-state index contributed by atoms with van der Waals surface area (Å²) in [7, 11) is 0. The lowest BCUT2D eigenvalue weighted by molar-refractivity contribution is 0.0741. The molecule has 4 rings (SSSR count). The topological polar surface area (TPSA) is 48.5 Å². The minimum atomic E-state index is 0.0298. The van der Waals surface area contributed by atoms with Crippen molar-refractivity contribution in [2.24, 2.45) is 0 Å². The second-order valence-corrected chi connectivity index (χ2v) is 6.46. The minimum Gasteiger partial charge on any atom is -0.382 e. The fourth-order valence-electron chi connectivity index (χ4n) is 3.07. The Morgan fingerprint density at radius 3 is 2.50 bits per heavy atom. The zero-order valence-corrected chi connectivity index (χ0v) is 13.7. The van der Waals surface area contributed by atoms with Crippen LogP contribution in [0.15, 0.2) is 48.7 Å². The number of aromatic nitrogens is 1. The summed E-state index contributed by atoms with van der Waals surface area (Å²) in [5, 5.41) is 3.42. The molecule has 1 aromatic heterocycles. The average molecular weight is 322 g/mol. The number of hydrogen-bond acceptors (Lipinski definition) is 4. The number of pyridine rings is 1. The van der Waals surface area contributed by atoms with Gasteiger partial charge in [0.2, 0.25) is 0 Å². The molecule has 2 heterocycles. The first-order chi connectivity index (χ1) is 11.8. The number of anilines is 2. The fraction of sp³-hybridized carbons (Fsp3) is 0.368. The van der Waals surface area contributed by atoms with Gasteiger partial charge in [-0.15, -0.1) is 0 Å². The number of carbonyl (C=O) groups is 1. The lowest BCUT2D eigenvalue weighted by Crippen LogP contribution is -2.49. The lowest BCUT2D eigenvalue weighted by Gasteiger charge is -2.36. The molecule has 1 aliphatic heterocycles. The van der Waals surface area contributed by atoms with E-state index in [9.17, 15) is 4.79 Å². The van der Waals surface area contributed by atoms with Crippen LogP contribution in [0.5, 0.6) is 0 Å². The molecule has 0 unspecified atom stereocenters. The van der Waals surface area contributed by atoms with E-state index >= 15 is 0 Å². The highest BCUT2D eigenvalue weighted by Crippen LogP contribution is 2.25. The molecule has 2 aliphatic rings. The van der Waals surface area contributed by atoms with Gasteiger partial charge in [0.25, 0.3) is 5.91 Å². The van der Waals surface area contributed by atoms with Crippen molar-refractivity contribution in [3.8, 4) is 0 Å². The molecule has 0 atom stereocenters. The van der Waals surface area contributed by atoms with Crippen LogP contribution in [0.3, 0.4) is 0 Å². The maximum Gasteiger partial charge on any atom is 0.272 e. The number of benzene rings is 1. The molecular formula is C19H22N4O. The third-order valence-corrected chi connectivity index (χ3v) is 4.62. The summed E-state index contributed by atoms with van der Waals surface area (Å²) in [5.74, 6) is 0.0298. The maximum atomic E-state index is 12.7. The maximum absolute atomic E-state index is 12.7. The Kier molecular flexibility index (Phi) is 4.07. The Bertz CT molecular complexity index is 706. The van der Waals surface area contributed by atoms with Crippen LogP contribution in [0.2, 0.25) is 0 Å². The van der Waals surface area contributed by atoms with E-state index in [2.05, 4.69) is 39.5 Å². The number of piperazine rings is 1. The first kappa shape index (κ1) is 15.0. The fourth-order valence-corrected chi connectivity index (χ4v) is 3.07. The molecule has 1 aliphatic carbocycles. The third-order valence-electron chi connectivity index (χ3n) is 4.62. The largest absolute Gasteiger partial charge is 0.382 e. The van der Waals surface area contributed by atoms with Crippen LogP contribution >= 0.6 is 0 Å². The van der Waals surface area contributed by atoms with Gasteiger partial charge in [0, 0.05) is 49.8 Å². The molecule has 2 aromatic rings. The van der Waals surface area contributed by atoms with Gasteiger partial charge in [0.1, 0.15) is 5.69 Å². The molecule has 124 valence electrons. The molecule has 24 heavy (non-hydrogen) atoms. The zero-order valence-electron chi connectivity index (χ0n) is 13.7. The number of hydrogen-bond donors (Lipinski definition) is 1. The van der Waals surface area contributed by atoms with Crippen molar-refractivity contribution in [2.45, 2.75) is 18.9 Å². The molecule has 1 amide bonds. The number of nitrogens with one attached hydrogen (secondary N) is 1. The summed E-state index contributed by atoms with van der Waals surface area (Å²) in [6.07, 6.45) is 4.15. The molecular weight excluding hydrogens is 300 g/mol. The second-order valence-electron chi connectivity index (χ2n) is 6.46. The number of carbonyl (C=O) groups excluding carboxylic acids is 1. The van der Waals surface area contributed by atoms with Crippen LogP contribution in [0, 0.1) is 0 Å². The molecule has 5 heteroatoms. The summed E-state index contributed by atoms with van der Waals surface area (Å²) in [6.45, 7) is 3.18. The molecule has 1 saturated carbocycles. The van der Waals surface area contributed by atoms with Crippen molar-refractivity contribution < 1.29 is 4.79 Å². The number of rotatable bonds is 4. The second kappa shape index (κ2) is 6.51. The molecule has 5 nitrogen and oxygen atoms in total. The summed E-state index contributed by atoms with van der Waals surface area (Å²) in [6, 6.07) is 14.7. The monoisotopic (exact) mass is 322 g/mol. The Morgan fingerprint density at radius 2 is 1.79 bits per heavy atom. The van der Waals surface area contributed by atoms with Crippen molar-refractivity contribution in [3.05, 3.63) is 54.4 Å². The van der Waals surface area contributed by atoms with Crippen molar-refractivity contribution in [2.75, 3.05) is 36.4 Å². The SMILES string of the molecule is O=C(c1cc(NC2CC2)ccn1)N1CCN(c2ccccc2)CC1. The molecule has 1 saturated heterocycles. The lowest BCUT2D eigenvalue weighted by atomic mass is 10.2. The summed E-state index contributed by atoms with van der Waals surface area (Å²) >= 11 is 0. The van der Waals surface area contributed by atoms with Gasteiger partial charge >= 0.3 is 0 Å². The van der Waals surface area contributed by atoms with E-state index < -0.39 is 0 Å². The van der Waals surface area contributed by atoms with Crippen molar-refractivity contribution in [1.29, 1.82) is 0 Å². The Labute approximate surface area is 142 Å². The highest BCUT2D eigenvalue weighted by molar-refractivity contribution is 5.93. The van der Waals surface area contributed by atoms with Gasteiger partial charge in [0.15, 0.2) is 0 Å². The van der Waals surface area contributed by atoms with Gasteiger partial charge in [-0.1, -0.05) is 18.2 Å². The third kappa shape index (κ3) is 3.35. The van der Waals surface area contributed by atoms with Gasteiger partial charge in [-0.2, -0.15) is 0 Å². The standard InChI is InChI=1S/C19H22N4O/c24-19(18-14-16(8-9-20-18)21-15-6-7-15)23-12-10-22(11-13-23)17-4-2-1-3-5-17/h1-5,8-9,14-15H,6-7,10-13H2,(H,20,21). The number of para-hydroxylation sites is 1. The smallest absolute Gasteiger partial charge is 0.272 e. The van der Waals surface area contributed by atoms with Gasteiger partial charge in [-0.3, -0.25) is 9.78 Å². The van der Waals surface area contributed by atoms with Crippen LogP contribution in [0.4, 0.5) is 11.4 Å². The Morgan fingerprint density at radius 1 is 1.04 bits per heavy atom. The molecule has 2 fully saturated rings. The molecule has 0 radical (unpaired) electrons. The normalized spacial score (nSPS) is 17.7. The van der Waals surface area contributed by atoms with E-state index in [4.69, 9.17) is 0 Å². The van der Waals surface area contributed by atoms with E-state index in [1.54, 1.807) is 6.20 Å². The van der Waals surface area contributed by atoms with Gasteiger partial charge in [0.05, 0.1) is 0 Å². The summed E-state index contributed by atoms with van der Waals surface area (Å²) in [5.41, 5.74) is 2.76. The van der Waals surface area contributed by atoms with Gasteiger partial charge in [-0.25, -0.2) is 0 Å². The molecule has 0 spiro atoms. The quantitative estimate of drug-likeness (QED) is 0.940. The van der Waals surface area contributed by atoms with Crippen molar-refractivity contribution in [3.63, 3.8) is 0 Å². The Balaban J connectivity index is 1.39. The van der Waals surface area contributed by atoms with Crippen LogP contribution in [-0.2, 0) is 0 Å². The van der Waals surface area contributed by atoms with E-state index in [1.807, 2.05) is 23.1 Å². The minimum absolute atomic E-state index is 0.0298. The van der Waals surface area contributed by atoms with Crippen molar-refractivity contribution in [1.82, 2.24) is 9.88 Å². The van der Waals surface area contributed by atoms with E-state index in [1.165, 1.54) is 18.5 Å². The van der Waals surface area contributed by atoms with Crippen LogP contribution < -0.4 is 10.2 Å². The van der Waals surface area contributed by atoms with E-state index in [-0.39, 0.29) is 5.91 Å². The zero-order chi connectivity index (χ0) is 16.4.